The number of nitrogens with one attached hydrogen (secondary N) is 1. The van der Waals surface area contributed by atoms with Gasteiger partial charge in [0.15, 0.2) is 0 Å². The second kappa shape index (κ2) is 3.41. The minimum Gasteiger partial charge on any atom is -0.276 e. The van der Waals surface area contributed by atoms with E-state index in [1.165, 1.54) is 0 Å². The number of nitrogens with zero attached hydrogens (tertiary/aromatic N) is 3. The van der Waals surface area contributed by atoms with Crippen LogP contribution in [0.4, 0.5) is 0 Å². The Kier molecular flexibility index (Phi) is 1.93. The molecule has 4 nitrogen and oxygen atoms in total. The van der Waals surface area contributed by atoms with Crippen molar-refractivity contribution >= 4 is 11.0 Å². The van der Waals surface area contributed by atoms with Gasteiger partial charge >= 0.3 is 0 Å². The summed E-state index contributed by atoms with van der Waals surface area (Å²) >= 11 is 0. The average Bonchev–Trinajstić information content (AvgIpc) is 2.82. The Morgan fingerprint density at radius 3 is 2.94 bits per heavy atom. The summed E-state index contributed by atoms with van der Waals surface area (Å²) < 4.78 is 0. The highest BCUT2D eigenvalue weighted by Crippen LogP contribution is 2.20. The van der Waals surface area contributed by atoms with Crippen molar-refractivity contribution in [2.45, 2.75) is 6.92 Å². The van der Waals surface area contributed by atoms with Gasteiger partial charge in [0.2, 0.25) is 0 Å². The van der Waals surface area contributed by atoms with Crippen molar-refractivity contribution in [1.82, 2.24) is 20.2 Å². The summed E-state index contributed by atoms with van der Waals surface area (Å²) in [6.45, 7) is 2.04. The maximum absolute atomic E-state index is 4.54. The Hall–Kier alpha value is -2.23. The van der Waals surface area contributed by atoms with Crippen molar-refractivity contribution in [2.24, 2.45) is 0 Å². The van der Waals surface area contributed by atoms with Crippen molar-refractivity contribution in [2.75, 3.05) is 0 Å². The smallest absolute Gasteiger partial charge is 0.0916 e. The van der Waals surface area contributed by atoms with Crippen LogP contribution in [0.15, 0.2) is 36.7 Å². The number of aromatic amines is 1. The molecule has 3 heterocycles. The highest BCUT2D eigenvalue weighted by Gasteiger charge is 2.05. The van der Waals surface area contributed by atoms with Crippen molar-refractivity contribution in [1.29, 1.82) is 0 Å². The topological polar surface area (TPSA) is 54.5 Å². The summed E-state index contributed by atoms with van der Waals surface area (Å²) in [5.74, 6) is 0. The third-order valence-electron chi connectivity index (χ3n) is 2.53. The van der Waals surface area contributed by atoms with Gasteiger partial charge in [0.25, 0.3) is 0 Å². The lowest BCUT2D eigenvalue weighted by atomic mass is 10.1. The highest BCUT2D eigenvalue weighted by molar-refractivity contribution is 5.80. The van der Waals surface area contributed by atoms with Crippen LogP contribution in [0.5, 0.6) is 0 Å². The molecule has 3 aromatic heterocycles. The summed E-state index contributed by atoms with van der Waals surface area (Å²) in [7, 11) is 0. The molecule has 4 heteroatoms. The second-order valence-electron chi connectivity index (χ2n) is 3.67. The summed E-state index contributed by atoms with van der Waals surface area (Å²) in [5.41, 5.74) is 4.80. The Balaban J connectivity index is 2.29. The third-order valence-corrected chi connectivity index (χ3v) is 2.53. The number of hydrogen-bond acceptors (Lipinski definition) is 3. The maximum Gasteiger partial charge on any atom is 0.0916 e. The molecule has 3 aromatic rings. The first-order valence-corrected chi connectivity index (χ1v) is 5.07. The Labute approximate surface area is 92.4 Å². The first-order valence-electron chi connectivity index (χ1n) is 5.07. The number of H-pyrrole nitrogens is 1. The van der Waals surface area contributed by atoms with E-state index in [0.29, 0.717) is 0 Å². The molecule has 0 fully saturated rings. The molecule has 3 rings (SSSR count). The van der Waals surface area contributed by atoms with Crippen molar-refractivity contribution < 1.29 is 0 Å². The van der Waals surface area contributed by atoms with Crippen LogP contribution in [0, 0.1) is 6.92 Å². The van der Waals surface area contributed by atoms with Crippen LogP contribution in [0.25, 0.3) is 22.4 Å². The molecule has 0 aliphatic carbocycles. The summed E-state index contributed by atoms with van der Waals surface area (Å²) in [6.07, 6.45) is 3.51. The standard InChI is InChI=1S/C12H10N4/c1-8-7-11(9-4-6-14-16-9)15-10-3-2-5-13-12(8)10/h2-7H,1H3,(H,14,16). The summed E-state index contributed by atoms with van der Waals surface area (Å²) in [5, 5.41) is 6.84. The zero-order valence-corrected chi connectivity index (χ0v) is 8.81. The lowest BCUT2D eigenvalue weighted by molar-refractivity contribution is 1.09. The minimum absolute atomic E-state index is 0.899. The van der Waals surface area contributed by atoms with Gasteiger partial charge < -0.3 is 0 Å². The van der Waals surface area contributed by atoms with Crippen LogP contribution in [-0.2, 0) is 0 Å². The normalized spacial score (nSPS) is 10.8. The summed E-state index contributed by atoms with van der Waals surface area (Å²) in [4.78, 5) is 8.86. The molecule has 0 amide bonds. The Bertz CT molecular complexity index is 629. The minimum atomic E-state index is 0.899. The first-order chi connectivity index (χ1) is 7.84. The van der Waals surface area contributed by atoms with Crippen LogP contribution in [0.3, 0.4) is 0 Å². The number of hydrogen-bond donors (Lipinski definition) is 1. The van der Waals surface area contributed by atoms with Crippen molar-refractivity contribution in [3.63, 3.8) is 0 Å². The van der Waals surface area contributed by atoms with Crippen molar-refractivity contribution in [3.8, 4) is 11.4 Å². The maximum atomic E-state index is 4.54. The largest absolute Gasteiger partial charge is 0.276 e. The van der Waals surface area contributed by atoms with Gasteiger partial charge in [-0.1, -0.05) is 0 Å². The molecule has 0 aliphatic heterocycles. The van der Waals surface area contributed by atoms with Crippen LogP contribution < -0.4 is 0 Å². The van der Waals surface area contributed by atoms with Gasteiger partial charge in [0, 0.05) is 12.4 Å². The molecule has 0 aromatic carbocycles. The molecule has 0 saturated heterocycles. The van der Waals surface area contributed by atoms with Crippen LogP contribution in [-0.4, -0.2) is 20.2 Å². The molecule has 0 bridgehead atoms. The van der Waals surface area contributed by atoms with E-state index in [2.05, 4.69) is 20.2 Å². The lowest BCUT2D eigenvalue weighted by Crippen LogP contribution is -1.90. The zero-order valence-electron chi connectivity index (χ0n) is 8.81. The first kappa shape index (κ1) is 9.03. The molecular weight excluding hydrogens is 200 g/mol. The molecule has 0 radical (unpaired) electrons. The number of fused-ring (bicyclic) bond motifs is 1. The molecular formula is C12H10N4. The lowest BCUT2D eigenvalue weighted by Gasteiger charge is -2.03. The highest BCUT2D eigenvalue weighted by atomic mass is 15.1. The zero-order chi connectivity index (χ0) is 11.0. The van der Waals surface area contributed by atoms with Gasteiger partial charge in [-0.15, -0.1) is 0 Å². The fraction of sp³-hybridized carbons (Fsp3) is 0.0833. The Morgan fingerprint density at radius 1 is 1.19 bits per heavy atom. The van der Waals surface area contributed by atoms with Crippen LogP contribution >= 0.6 is 0 Å². The number of aryl methyl sites for hydroxylation is 1. The van der Waals surface area contributed by atoms with Gasteiger partial charge in [-0.3, -0.25) is 10.1 Å². The van der Waals surface area contributed by atoms with Gasteiger partial charge in [0.1, 0.15) is 0 Å². The predicted molar refractivity (Wildman–Crippen MR) is 61.9 cm³/mol. The molecule has 78 valence electrons. The van der Waals surface area contributed by atoms with Gasteiger partial charge in [0.05, 0.1) is 22.4 Å². The molecule has 1 N–H and O–H groups in total. The molecule has 16 heavy (non-hydrogen) atoms. The quantitative estimate of drug-likeness (QED) is 0.670. The van der Waals surface area contributed by atoms with E-state index < -0.39 is 0 Å². The molecule has 0 saturated carbocycles. The SMILES string of the molecule is Cc1cc(-c2ccn[nH]2)nc2cccnc12. The van der Waals surface area contributed by atoms with Crippen LogP contribution in [0.1, 0.15) is 5.56 Å². The van der Waals surface area contributed by atoms with E-state index in [1.807, 2.05) is 31.2 Å². The van der Waals surface area contributed by atoms with E-state index in [-0.39, 0.29) is 0 Å². The average molecular weight is 210 g/mol. The molecule has 0 unspecified atom stereocenters. The summed E-state index contributed by atoms with van der Waals surface area (Å²) in [6, 6.07) is 7.79. The van der Waals surface area contributed by atoms with E-state index in [0.717, 1.165) is 28.0 Å². The van der Waals surface area contributed by atoms with Gasteiger partial charge in [-0.25, -0.2) is 4.98 Å². The van der Waals surface area contributed by atoms with E-state index in [4.69, 9.17) is 0 Å². The number of aromatic nitrogens is 4. The predicted octanol–water partition coefficient (Wildman–Crippen LogP) is 2.33. The van der Waals surface area contributed by atoms with Gasteiger partial charge in [-0.05, 0) is 36.8 Å². The van der Waals surface area contributed by atoms with Gasteiger partial charge in [-0.2, -0.15) is 5.10 Å². The third kappa shape index (κ3) is 1.35. The Morgan fingerprint density at radius 2 is 2.12 bits per heavy atom. The van der Waals surface area contributed by atoms with Crippen molar-refractivity contribution in [3.05, 3.63) is 42.2 Å². The van der Waals surface area contributed by atoms with E-state index in [1.54, 1.807) is 12.4 Å². The van der Waals surface area contributed by atoms with E-state index >= 15 is 0 Å². The van der Waals surface area contributed by atoms with Crippen LogP contribution in [0.2, 0.25) is 0 Å². The molecule has 0 aliphatic rings. The second-order valence-corrected chi connectivity index (χ2v) is 3.67. The monoisotopic (exact) mass is 210 g/mol. The number of pyridine rings is 2. The molecule has 0 atom stereocenters. The molecule has 0 spiro atoms. The van der Waals surface area contributed by atoms with E-state index in [9.17, 15) is 0 Å². The number of rotatable bonds is 1. The fourth-order valence-corrected chi connectivity index (χ4v) is 1.76. The fourth-order valence-electron chi connectivity index (χ4n) is 1.76.